The highest BCUT2D eigenvalue weighted by Gasteiger charge is 2.48. The average molecular weight is 386 g/mol. The van der Waals surface area contributed by atoms with Crippen LogP contribution in [0, 0.1) is 29.1 Å². The number of unbranched alkanes of at least 4 members (excludes halogenated alkanes) is 1. The Balaban J connectivity index is 1.97. The predicted molar refractivity (Wildman–Crippen MR) is 112 cm³/mol. The number of nitrogens with one attached hydrogen (secondary N) is 1. The molecule has 2 aliphatic rings. The molecule has 1 fully saturated rings. The van der Waals surface area contributed by atoms with Gasteiger partial charge in [-0.1, -0.05) is 44.0 Å². The summed E-state index contributed by atoms with van der Waals surface area (Å²) in [6, 6.07) is 0. The lowest BCUT2D eigenvalue weighted by Crippen LogP contribution is -2.47. The number of fused-ring (bicyclic) bond motifs is 1. The number of H-pyrrole nitrogens is 1. The fourth-order valence-electron chi connectivity index (χ4n) is 5.93. The third kappa shape index (κ3) is 4.13. The van der Waals surface area contributed by atoms with Crippen LogP contribution in [0.5, 0.6) is 0 Å². The molecule has 1 aromatic rings. The molecule has 2 aliphatic carbocycles. The van der Waals surface area contributed by atoms with E-state index in [4.69, 9.17) is 5.53 Å². The number of aromatic amines is 1. The summed E-state index contributed by atoms with van der Waals surface area (Å²) in [5, 5.41) is 21.7. The molecule has 5 atom stereocenters. The highest BCUT2D eigenvalue weighted by Crippen LogP contribution is 2.52. The molecule has 2 N–H and O–H groups in total. The first-order valence-corrected chi connectivity index (χ1v) is 10.8. The largest absolute Gasteiger partial charge is 0.396 e. The molecule has 0 aliphatic heterocycles. The Hall–Kier alpha value is -1.78. The molecule has 6 heteroatoms. The van der Waals surface area contributed by atoms with Gasteiger partial charge in [0.1, 0.15) is 0 Å². The van der Waals surface area contributed by atoms with Crippen LogP contribution >= 0.6 is 0 Å². The van der Waals surface area contributed by atoms with Crippen molar-refractivity contribution in [2.45, 2.75) is 65.2 Å². The van der Waals surface area contributed by atoms with Crippen molar-refractivity contribution < 1.29 is 5.11 Å². The molecular formula is C22H35N5O. The Kier molecular flexibility index (Phi) is 6.84. The van der Waals surface area contributed by atoms with Gasteiger partial charge < -0.3 is 5.11 Å². The van der Waals surface area contributed by atoms with E-state index in [1.807, 2.05) is 6.20 Å². The number of aromatic nitrogens is 2. The number of hydrogen-bond acceptors (Lipinski definition) is 3. The number of aliphatic hydroxyl groups excluding tert-OH is 1. The first-order chi connectivity index (χ1) is 13.5. The van der Waals surface area contributed by atoms with Gasteiger partial charge in [0.25, 0.3) is 0 Å². The number of rotatable bonds is 9. The van der Waals surface area contributed by atoms with E-state index >= 15 is 0 Å². The summed E-state index contributed by atoms with van der Waals surface area (Å²) in [6.45, 7) is 9.54. The molecule has 0 radical (unpaired) electrons. The van der Waals surface area contributed by atoms with Crippen molar-refractivity contribution in [1.29, 1.82) is 0 Å². The maximum Gasteiger partial charge on any atom is 0.0522 e. The van der Waals surface area contributed by atoms with Crippen LogP contribution in [-0.4, -0.2) is 28.5 Å². The minimum absolute atomic E-state index is 0.0274. The number of nitrogens with zero attached hydrogens (tertiary/aromatic N) is 4. The monoisotopic (exact) mass is 385 g/mol. The second kappa shape index (κ2) is 9.15. The first kappa shape index (κ1) is 20.9. The molecule has 154 valence electrons. The molecule has 0 unspecified atom stereocenters. The maximum absolute atomic E-state index is 10.3. The van der Waals surface area contributed by atoms with Crippen molar-refractivity contribution in [3.05, 3.63) is 40.0 Å². The third-order valence-electron chi connectivity index (χ3n) is 7.60. The Morgan fingerprint density at radius 1 is 1.50 bits per heavy atom. The first-order valence-electron chi connectivity index (χ1n) is 10.8. The van der Waals surface area contributed by atoms with Gasteiger partial charge in [0.15, 0.2) is 0 Å². The fraction of sp³-hybridized carbons (Fsp3) is 0.773. The van der Waals surface area contributed by atoms with Gasteiger partial charge in [-0.15, -0.1) is 0 Å². The minimum Gasteiger partial charge on any atom is -0.396 e. The summed E-state index contributed by atoms with van der Waals surface area (Å²) in [5.74, 6) is 1.48. The molecule has 1 heterocycles. The summed E-state index contributed by atoms with van der Waals surface area (Å²) in [6.07, 6.45) is 10.4. The predicted octanol–water partition coefficient (Wildman–Crippen LogP) is 5.21. The highest BCUT2D eigenvalue weighted by atomic mass is 16.3. The van der Waals surface area contributed by atoms with Crippen molar-refractivity contribution in [3.63, 3.8) is 0 Å². The Morgan fingerprint density at radius 2 is 2.32 bits per heavy atom. The Bertz CT molecular complexity index is 722. The summed E-state index contributed by atoms with van der Waals surface area (Å²) >= 11 is 0. The zero-order valence-corrected chi connectivity index (χ0v) is 17.4. The van der Waals surface area contributed by atoms with Gasteiger partial charge in [-0.25, -0.2) is 0 Å². The zero-order chi connectivity index (χ0) is 20.1. The lowest BCUT2D eigenvalue weighted by atomic mass is 9.55. The van der Waals surface area contributed by atoms with Crippen molar-refractivity contribution >= 4 is 0 Å². The second-order valence-electron chi connectivity index (χ2n) is 9.22. The van der Waals surface area contributed by atoms with Gasteiger partial charge in [0.2, 0.25) is 0 Å². The van der Waals surface area contributed by atoms with E-state index in [0.717, 1.165) is 51.4 Å². The van der Waals surface area contributed by atoms with Crippen LogP contribution in [0.4, 0.5) is 0 Å². The van der Waals surface area contributed by atoms with Crippen LogP contribution in [0.1, 0.15) is 63.6 Å². The van der Waals surface area contributed by atoms with Gasteiger partial charge >= 0.3 is 0 Å². The van der Waals surface area contributed by atoms with Crippen LogP contribution in [0.3, 0.4) is 0 Å². The lowest BCUT2D eigenvalue weighted by molar-refractivity contribution is -0.0103. The number of hydrogen-bond donors (Lipinski definition) is 2. The molecule has 0 spiro atoms. The van der Waals surface area contributed by atoms with Crippen LogP contribution in [0.25, 0.3) is 10.4 Å². The molecule has 1 saturated carbocycles. The van der Waals surface area contributed by atoms with Crippen LogP contribution in [-0.2, 0) is 12.8 Å². The Morgan fingerprint density at radius 3 is 2.96 bits per heavy atom. The van der Waals surface area contributed by atoms with Gasteiger partial charge in [0, 0.05) is 23.8 Å². The molecule has 28 heavy (non-hydrogen) atoms. The van der Waals surface area contributed by atoms with Crippen LogP contribution in [0.2, 0.25) is 0 Å². The smallest absolute Gasteiger partial charge is 0.0522 e. The summed E-state index contributed by atoms with van der Waals surface area (Å²) in [7, 11) is 0. The van der Waals surface area contributed by atoms with Gasteiger partial charge in [-0.05, 0) is 78.7 Å². The summed E-state index contributed by atoms with van der Waals surface area (Å²) in [4.78, 5) is 3.10. The highest BCUT2D eigenvalue weighted by molar-refractivity contribution is 5.24. The van der Waals surface area contributed by atoms with E-state index in [1.165, 1.54) is 16.8 Å². The zero-order valence-electron chi connectivity index (χ0n) is 17.4. The van der Waals surface area contributed by atoms with Gasteiger partial charge in [-0.2, -0.15) is 5.10 Å². The van der Waals surface area contributed by atoms with Crippen molar-refractivity contribution in [1.82, 2.24) is 10.2 Å². The molecule has 0 amide bonds. The lowest BCUT2D eigenvalue weighted by Gasteiger charge is -2.50. The summed E-state index contributed by atoms with van der Waals surface area (Å²) in [5.41, 5.74) is 12.8. The summed E-state index contributed by atoms with van der Waals surface area (Å²) < 4.78 is 0. The van der Waals surface area contributed by atoms with Crippen LogP contribution < -0.4 is 0 Å². The van der Waals surface area contributed by atoms with E-state index in [-0.39, 0.29) is 17.9 Å². The molecule has 0 saturated heterocycles. The van der Waals surface area contributed by atoms with E-state index in [9.17, 15) is 5.11 Å². The van der Waals surface area contributed by atoms with Crippen molar-refractivity contribution in [2.75, 3.05) is 13.2 Å². The van der Waals surface area contributed by atoms with Gasteiger partial charge in [-0.3, -0.25) is 5.10 Å². The minimum atomic E-state index is -0.0274. The topological polar surface area (TPSA) is 97.7 Å². The molecule has 3 rings (SSSR count). The molecule has 0 bridgehead atoms. The molecule has 1 aromatic heterocycles. The average Bonchev–Trinajstić information content (AvgIpc) is 3.31. The van der Waals surface area contributed by atoms with E-state index in [2.05, 4.69) is 40.6 Å². The van der Waals surface area contributed by atoms with E-state index < -0.39 is 0 Å². The molecule has 6 nitrogen and oxygen atoms in total. The molecular weight excluding hydrogens is 350 g/mol. The normalized spacial score (nSPS) is 29.2. The standard InChI is InChI=1S/C22H35N5O/c1-4-5-6-20(19(13-25-27-23)16-8-7-15(2)9-16)22(3)11-17-12-24-26-21(17)10-18(22)14-28/h12,16,18-20,28H,2,4-11,13-14H2,1,3H3,(H,24,26)/t16-,18-,19+,20+,22+/m1/s1. The Labute approximate surface area is 168 Å². The second-order valence-corrected chi connectivity index (χ2v) is 9.22. The maximum atomic E-state index is 10.3. The fourth-order valence-corrected chi connectivity index (χ4v) is 5.93. The van der Waals surface area contributed by atoms with Crippen molar-refractivity contribution in [3.8, 4) is 0 Å². The molecule has 0 aromatic carbocycles. The van der Waals surface area contributed by atoms with Crippen LogP contribution in [0.15, 0.2) is 23.5 Å². The van der Waals surface area contributed by atoms with Crippen molar-refractivity contribution in [2.24, 2.45) is 34.2 Å². The van der Waals surface area contributed by atoms with E-state index in [0.29, 0.717) is 24.3 Å². The third-order valence-corrected chi connectivity index (χ3v) is 7.60. The number of allylic oxidation sites excluding steroid dienone is 1. The quantitative estimate of drug-likeness (QED) is 0.264. The van der Waals surface area contributed by atoms with Gasteiger partial charge in [0.05, 0.1) is 6.20 Å². The number of azide groups is 1. The number of aliphatic hydroxyl groups is 1. The van der Waals surface area contributed by atoms with E-state index in [1.54, 1.807) is 0 Å². The SMILES string of the molecule is C=C1CC[C@@H]([C@H](CN=[N+]=[N-])[C@H](CCCC)[C@@]2(C)Cc3cn[nH]c3C[C@@H]2CO)C1.